The first kappa shape index (κ1) is 14.6. The molecule has 0 saturated heterocycles. The minimum atomic E-state index is -0.633. The van der Waals surface area contributed by atoms with E-state index in [-0.39, 0.29) is 22.7 Å². The lowest BCUT2D eigenvalue weighted by Crippen LogP contribution is -2.00. The largest absolute Gasteiger partial charge is 0.457 e. The van der Waals surface area contributed by atoms with E-state index in [9.17, 15) is 19.3 Å². The number of benzene rings is 2. The van der Waals surface area contributed by atoms with Crippen molar-refractivity contribution >= 4 is 11.5 Å². The maximum atomic E-state index is 13.4. The van der Waals surface area contributed by atoms with Crippen molar-refractivity contribution in [1.82, 2.24) is 0 Å². The van der Waals surface area contributed by atoms with Gasteiger partial charge in [0.05, 0.1) is 10.5 Å². The van der Waals surface area contributed by atoms with Crippen LogP contribution in [0.5, 0.6) is 11.5 Å². The average Bonchev–Trinajstić information content (AvgIpc) is 2.42. The fraction of sp³-hybridized carbons (Fsp3) is 0.133. The number of nitrogens with zero attached hydrogens (tertiary/aromatic N) is 1. The molecule has 0 radical (unpaired) electrons. The second kappa shape index (κ2) is 5.70. The predicted molar refractivity (Wildman–Crippen MR) is 74.3 cm³/mol. The summed E-state index contributed by atoms with van der Waals surface area (Å²) in [6.07, 6.45) is 0. The number of carbonyl (C=O) groups is 1. The number of ketones is 1. The molecule has 0 aliphatic rings. The summed E-state index contributed by atoms with van der Waals surface area (Å²) in [7, 11) is 0. The van der Waals surface area contributed by atoms with E-state index in [2.05, 4.69) is 0 Å². The minimum Gasteiger partial charge on any atom is -0.457 e. The van der Waals surface area contributed by atoms with Crippen molar-refractivity contribution in [2.45, 2.75) is 13.8 Å². The molecule has 0 aliphatic heterocycles. The van der Waals surface area contributed by atoms with Crippen LogP contribution in [0.1, 0.15) is 22.8 Å². The summed E-state index contributed by atoms with van der Waals surface area (Å²) in [4.78, 5) is 21.7. The molecule has 0 atom stereocenters. The molecule has 0 unspecified atom stereocenters. The molecule has 21 heavy (non-hydrogen) atoms. The number of carbonyl (C=O) groups excluding carboxylic acids is 1. The summed E-state index contributed by atoms with van der Waals surface area (Å²) in [5, 5.41) is 10.8. The smallest absolute Gasteiger partial charge is 0.280 e. The second-order valence-electron chi connectivity index (χ2n) is 4.51. The van der Waals surface area contributed by atoms with E-state index < -0.39 is 16.5 Å². The van der Waals surface area contributed by atoms with E-state index in [4.69, 9.17) is 4.74 Å². The minimum absolute atomic E-state index is 0.0508. The van der Waals surface area contributed by atoms with Crippen molar-refractivity contribution in [1.29, 1.82) is 0 Å². The highest BCUT2D eigenvalue weighted by Gasteiger charge is 2.18. The lowest BCUT2D eigenvalue weighted by Gasteiger charge is -2.08. The van der Waals surface area contributed by atoms with Crippen molar-refractivity contribution in [3.63, 3.8) is 0 Å². The Morgan fingerprint density at radius 2 is 1.81 bits per heavy atom. The maximum absolute atomic E-state index is 13.4. The van der Waals surface area contributed by atoms with Gasteiger partial charge in [0.2, 0.25) is 0 Å². The third kappa shape index (κ3) is 3.22. The van der Waals surface area contributed by atoms with Crippen molar-refractivity contribution in [2.24, 2.45) is 0 Å². The van der Waals surface area contributed by atoms with E-state index >= 15 is 0 Å². The number of nitro benzene ring substituents is 1. The van der Waals surface area contributed by atoms with Gasteiger partial charge in [-0.15, -0.1) is 0 Å². The van der Waals surface area contributed by atoms with Gasteiger partial charge in [-0.2, -0.15) is 0 Å². The topological polar surface area (TPSA) is 69.4 Å². The zero-order valence-electron chi connectivity index (χ0n) is 11.4. The number of Topliss-reactive ketones (excluding diaryl/α,β-unsaturated/α-hetero) is 1. The summed E-state index contributed by atoms with van der Waals surface area (Å²) in [5.74, 6) is -0.376. The van der Waals surface area contributed by atoms with Gasteiger partial charge in [0.15, 0.2) is 5.78 Å². The molecule has 108 valence electrons. The van der Waals surface area contributed by atoms with Crippen LogP contribution in [-0.2, 0) is 0 Å². The molecule has 0 saturated carbocycles. The Kier molecular flexibility index (Phi) is 3.98. The highest BCUT2D eigenvalue weighted by molar-refractivity contribution is 5.98. The van der Waals surface area contributed by atoms with Gasteiger partial charge in [-0.05, 0) is 37.6 Å². The number of aryl methyl sites for hydroxylation is 1. The molecule has 0 spiro atoms. The molecule has 0 fully saturated rings. The highest BCUT2D eigenvalue weighted by atomic mass is 19.1. The molecule has 2 aromatic rings. The zero-order valence-corrected chi connectivity index (χ0v) is 11.4. The highest BCUT2D eigenvalue weighted by Crippen LogP contribution is 2.28. The van der Waals surface area contributed by atoms with E-state index in [1.807, 2.05) is 0 Å². The number of halogens is 1. The quantitative estimate of drug-likeness (QED) is 0.484. The lowest BCUT2D eigenvalue weighted by atomic mass is 10.1. The summed E-state index contributed by atoms with van der Waals surface area (Å²) in [5.41, 5.74) is 0.144. The first-order valence-electron chi connectivity index (χ1n) is 6.12. The molecule has 0 aliphatic carbocycles. The van der Waals surface area contributed by atoms with Crippen molar-refractivity contribution in [3.8, 4) is 11.5 Å². The Labute approximate surface area is 120 Å². The zero-order chi connectivity index (χ0) is 15.6. The lowest BCUT2D eigenvalue weighted by molar-refractivity contribution is -0.385. The molecule has 0 heterocycles. The monoisotopic (exact) mass is 289 g/mol. The fourth-order valence-electron chi connectivity index (χ4n) is 1.79. The molecule has 2 rings (SSSR count). The Morgan fingerprint density at radius 1 is 1.19 bits per heavy atom. The van der Waals surface area contributed by atoms with Crippen LogP contribution < -0.4 is 4.74 Å². The Hall–Kier alpha value is -2.76. The molecule has 0 amide bonds. The predicted octanol–water partition coefficient (Wildman–Crippen LogP) is 4.04. The van der Waals surface area contributed by atoms with Crippen LogP contribution in [0.3, 0.4) is 0 Å². The Morgan fingerprint density at radius 3 is 2.38 bits per heavy atom. The van der Waals surface area contributed by atoms with E-state index in [1.165, 1.54) is 31.2 Å². The molecular formula is C15H12FNO4. The van der Waals surface area contributed by atoms with Crippen LogP contribution in [0.25, 0.3) is 0 Å². The number of rotatable bonds is 4. The Balaban J connectivity index is 2.36. The standard InChI is InChI=1S/C15H12FNO4/c1-9-3-4-12(8-14(9)16)21-11-5-6-15(17(19)20)13(7-11)10(2)18/h3-8H,1-2H3. The van der Waals surface area contributed by atoms with Gasteiger partial charge >= 0.3 is 0 Å². The van der Waals surface area contributed by atoms with E-state index in [0.29, 0.717) is 5.56 Å². The third-order valence-corrected chi connectivity index (χ3v) is 2.92. The van der Waals surface area contributed by atoms with Gasteiger partial charge in [-0.3, -0.25) is 14.9 Å². The summed E-state index contributed by atoms with van der Waals surface area (Å²) < 4.78 is 18.9. The van der Waals surface area contributed by atoms with Gasteiger partial charge in [0.25, 0.3) is 5.69 Å². The third-order valence-electron chi connectivity index (χ3n) is 2.92. The van der Waals surface area contributed by atoms with Crippen LogP contribution in [0, 0.1) is 22.9 Å². The Bertz CT molecular complexity index is 728. The number of ether oxygens (including phenoxy) is 1. The van der Waals surface area contributed by atoms with E-state index in [0.717, 1.165) is 0 Å². The number of nitro groups is 1. The average molecular weight is 289 g/mol. The first-order chi connectivity index (χ1) is 9.88. The molecule has 0 bridgehead atoms. The van der Waals surface area contributed by atoms with Gasteiger partial charge < -0.3 is 4.74 Å². The molecule has 0 N–H and O–H groups in total. The van der Waals surface area contributed by atoms with Gasteiger partial charge in [0.1, 0.15) is 17.3 Å². The van der Waals surface area contributed by atoms with Crippen molar-refractivity contribution < 1.29 is 18.8 Å². The van der Waals surface area contributed by atoms with Crippen LogP contribution >= 0.6 is 0 Å². The van der Waals surface area contributed by atoms with Crippen LogP contribution in [0.2, 0.25) is 0 Å². The second-order valence-corrected chi connectivity index (χ2v) is 4.51. The summed E-state index contributed by atoms with van der Waals surface area (Å²) in [6.45, 7) is 2.86. The molecule has 2 aromatic carbocycles. The SMILES string of the molecule is CC(=O)c1cc(Oc2ccc(C)c(F)c2)ccc1[N+](=O)[O-]. The van der Waals surface area contributed by atoms with Crippen LogP contribution in [0.4, 0.5) is 10.1 Å². The maximum Gasteiger partial charge on any atom is 0.280 e. The molecular weight excluding hydrogens is 277 g/mol. The summed E-state index contributed by atoms with van der Waals surface area (Å²) in [6, 6.07) is 8.18. The normalized spacial score (nSPS) is 10.2. The van der Waals surface area contributed by atoms with E-state index in [1.54, 1.807) is 19.1 Å². The molecule has 5 nitrogen and oxygen atoms in total. The van der Waals surface area contributed by atoms with Crippen LogP contribution in [0.15, 0.2) is 36.4 Å². The number of hydrogen-bond donors (Lipinski definition) is 0. The summed E-state index contributed by atoms with van der Waals surface area (Å²) >= 11 is 0. The van der Waals surface area contributed by atoms with Crippen molar-refractivity contribution in [2.75, 3.05) is 0 Å². The first-order valence-corrected chi connectivity index (χ1v) is 6.12. The fourth-order valence-corrected chi connectivity index (χ4v) is 1.79. The van der Waals surface area contributed by atoms with Gasteiger partial charge in [0, 0.05) is 12.1 Å². The molecule has 0 aromatic heterocycles. The van der Waals surface area contributed by atoms with Gasteiger partial charge in [-0.25, -0.2) is 4.39 Å². The van der Waals surface area contributed by atoms with Gasteiger partial charge in [-0.1, -0.05) is 6.07 Å². The van der Waals surface area contributed by atoms with Crippen LogP contribution in [-0.4, -0.2) is 10.7 Å². The molecule has 6 heteroatoms. The van der Waals surface area contributed by atoms with Crippen molar-refractivity contribution in [3.05, 3.63) is 63.5 Å². The number of hydrogen-bond acceptors (Lipinski definition) is 4.